The van der Waals surface area contributed by atoms with Crippen LogP contribution in [0, 0.1) is 0 Å². The fraction of sp³-hybridized carbons (Fsp3) is 0.250. The number of methoxy groups -OCH3 is 2. The number of rotatable bonds is 7. The number of aromatic nitrogens is 3. The first kappa shape index (κ1) is 20.5. The zero-order valence-corrected chi connectivity index (χ0v) is 17.2. The van der Waals surface area contributed by atoms with Gasteiger partial charge in [-0.3, -0.25) is 15.2 Å². The van der Waals surface area contributed by atoms with Crippen LogP contribution < -0.4 is 19.5 Å². The topological polar surface area (TPSA) is 98.4 Å². The van der Waals surface area contributed by atoms with E-state index in [0.29, 0.717) is 28.1 Å². The van der Waals surface area contributed by atoms with Gasteiger partial charge in [0, 0.05) is 10.6 Å². The van der Waals surface area contributed by atoms with E-state index < -0.39 is 11.5 Å². The minimum atomic E-state index is -1.15. The molecular formula is C20H21ClN4O4. The van der Waals surface area contributed by atoms with Gasteiger partial charge in [0.25, 0.3) is 5.91 Å². The van der Waals surface area contributed by atoms with Crippen molar-refractivity contribution in [3.8, 4) is 28.6 Å². The van der Waals surface area contributed by atoms with Gasteiger partial charge in [0.1, 0.15) is 5.75 Å². The van der Waals surface area contributed by atoms with Crippen molar-refractivity contribution in [2.24, 2.45) is 0 Å². The zero-order chi connectivity index (χ0) is 21.0. The van der Waals surface area contributed by atoms with Gasteiger partial charge in [-0.2, -0.15) is 4.98 Å². The molecule has 0 aliphatic heterocycles. The predicted octanol–water partition coefficient (Wildman–Crippen LogP) is 3.94. The summed E-state index contributed by atoms with van der Waals surface area (Å²) in [6, 6.07) is 12.1. The second kappa shape index (κ2) is 8.40. The van der Waals surface area contributed by atoms with Crippen molar-refractivity contribution < 1.29 is 19.0 Å². The average molecular weight is 417 g/mol. The minimum Gasteiger partial charge on any atom is -0.493 e. The highest BCUT2D eigenvalue weighted by molar-refractivity contribution is 6.30. The van der Waals surface area contributed by atoms with Crippen LogP contribution in [0.15, 0.2) is 42.5 Å². The van der Waals surface area contributed by atoms with E-state index in [1.165, 1.54) is 0 Å². The van der Waals surface area contributed by atoms with Crippen molar-refractivity contribution in [2.45, 2.75) is 19.4 Å². The number of carbonyl (C=O) groups excluding carboxylic acids is 1. The third-order valence-corrected chi connectivity index (χ3v) is 4.35. The number of hydrogen-bond acceptors (Lipinski definition) is 6. The minimum absolute atomic E-state index is 0.132. The van der Waals surface area contributed by atoms with E-state index in [4.69, 9.17) is 25.8 Å². The summed E-state index contributed by atoms with van der Waals surface area (Å²) in [6.07, 6.45) is 0. The summed E-state index contributed by atoms with van der Waals surface area (Å²) < 4.78 is 16.3. The van der Waals surface area contributed by atoms with Crippen LogP contribution in [0.2, 0.25) is 5.02 Å². The third-order valence-electron chi connectivity index (χ3n) is 4.10. The summed E-state index contributed by atoms with van der Waals surface area (Å²) in [6.45, 7) is 3.30. The van der Waals surface area contributed by atoms with Crippen LogP contribution in [0.1, 0.15) is 13.8 Å². The highest BCUT2D eigenvalue weighted by Crippen LogP contribution is 2.31. The Kier molecular flexibility index (Phi) is 5.93. The standard InChI is InChI=1S/C20H21ClN4O4/c1-20(2,29-14-8-6-13(21)7-9-14)18(26)23-19-22-17(24-25-19)12-5-10-15(27-3)16(11-12)28-4/h5-11H,1-4H3,(H2,22,23,24,25,26). The molecule has 0 saturated carbocycles. The molecule has 9 heteroatoms. The van der Waals surface area contributed by atoms with Crippen molar-refractivity contribution in [3.63, 3.8) is 0 Å². The number of hydrogen-bond donors (Lipinski definition) is 2. The molecule has 1 heterocycles. The zero-order valence-electron chi connectivity index (χ0n) is 16.4. The number of halogens is 1. The Morgan fingerprint density at radius 2 is 1.76 bits per heavy atom. The maximum Gasteiger partial charge on any atom is 0.270 e. The number of amides is 1. The molecule has 0 atom stereocenters. The molecule has 0 aliphatic carbocycles. The van der Waals surface area contributed by atoms with Gasteiger partial charge >= 0.3 is 0 Å². The predicted molar refractivity (Wildman–Crippen MR) is 110 cm³/mol. The summed E-state index contributed by atoms with van der Waals surface area (Å²) in [5, 5.41) is 10.1. The third kappa shape index (κ3) is 4.78. The number of nitrogens with zero attached hydrogens (tertiary/aromatic N) is 2. The van der Waals surface area contributed by atoms with Crippen molar-refractivity contribution in [1.82, 2.24) is 15.2 Å². The van der Waals surface area contributed by atoms with Crippen LogP contribution in [0.25, 0.3) is 11.4 Å². The Hall–Kier alpha value is -3.26. The van der Waals surface area contributed by atoms with Crippen molar-refractivity contribution in [2.75, 3.05) is 19.5 Å². The van der Waals surface area contributed by atoms with E-state index >= 15 is 0 Å². The molecule has 1 amide bonds. The molecule has 0 aliphatic rings. The van der Waals surface area contributed by atoms with Gasteiger partial charge in [0.2, 0.25) is 5.95 Å². The lowest BCUT2D eigenvalue weighted by Crippen LogP contribution is -2.42. The lowest BCUT2D eigenvalue weighted by Gasteiger charge is -2.24. The summed E-state index contributed by atoms with van der Waals surface area (Å²) >= 11 is 5.87. The normalized spacial score (nSPS) is 11.1. The van der Waals surface area contributed by atoms with Gasteiger partial charge in [0.15, 0.2) is 22.9 Å². The van der Waals surface area contributed by atoms with E-state index in [1.54, 1.807) is 70.5 Å². The summed E-state index contributed by atoms with van der Waals surface area (Å²) in [4.78, 5) is 17.0. The first-order chi connectivity index (χ1) is 13.8. The van der Waals surface area contributed by atoms with Crippen LogP contribution in [-0.4, -0.2) is 40.9 Å². The van der Waals surface area contributed by atoms with E-state index in [-0.39, 0.29) is 5.95 Å². The Bertz CT molecular complexity index is 1000. The van der Waals surface area contributed by atoms with Crippen molar-refractivity contribution in [3.05, 3.63) is 47.5 Å². The van der Waals surface area contributed by atoms with E-state index in [1.807, 2.05) is 0 Å². The molecule has 0 bridgehead atoms. The van der Waals surface area contributed by atoms with Crippen LogP contribution in [0.5, 0.6) is 17.2 Å². The second-order valence-corrected chi connectivity index (χ2v) is 7.03. The van der Waals surface area contributed by atoms with Crippen molar-refractivity contribution >= 4 is 23.5 Å². The fourth-order valence-electron chi connectivity index (χ4n) is 2.53. The Balaban J connectivity index is 1.72. The lowest BCUT2D eigenvalue weighted by molar-refractivity contribution is -0.128. The molecule has 29 heavy (non-hydrogen) atoms. The second-order valence-electron chi connectivity index (χ2n) is 6.60. The number of nitrogens with one attached hydrogen (secondary N) is 2. The number of anilines is 1. The molecule has 3 rings (SSSR count). The van der Waals surface area contributed by atoms with E-state index in [9.17, 15) is 4.79 Å². The molecule has 152 valence electrons. The van der Waals surface area contributed by atoms with Gasteiger partial charge < -0.3 is 14.2 Å². The van der Waals surface area contributed by atoms with Gasteiger partial charge in [-0.15, -0.1) is 5.10 Å². The monoisotopic (exact) mass is 416 g/mol. The molecule has 0 spiro atoms. The van der Waals surface area contributed by atoms with Crippen LogP contribution in [0.4, 0.5) is 5.95 Å². The van der Waals surface area contributed by atoms with Gasteiger partial charge in [-0.05, 0) is 56.3 Å². The summed E-state index contributed by atoms with van der Waals surface area (Å²) in [5.41, 5.74) is -0.426. The molecule has 0 fully saturated rings. The first-order valence-corrected chi connectivity index (χ1v) is 9.11. The molecule has 2 N–H and O–H groups in total. The number of H-pyrrole nitrogens is 1. The molecular weight excluding hydrogens is 396 g/mol. The van der Waals surface area contributed by atoms with Crippen LogP contribution in [-0.2, 0) is 4.79 Å². The lowest BCUT2D eigenvalue weighted by atomic mass is 10.1. The van der Waals surface area contributed by atoms with E-state index in [2.05, 4.69) is 20.5 Å². The molecule has 3 aromatic rings. The maximum absolute atomic E-state index is 12.6. The van der Waals surface area contributed by atoms with Gasteiger partial charge in [0.05, 0.1) is 14.2 Å². The highest BCUT2D eigenvalue weighted by Gasteiger charge is 2.31. The number of benzene rings is 2. The Morgan fingerprint density at radius 1 is 1.07 bits per heavy atom. The van der Waals surface area contributed by atoms with Crippen LogP contribution in [0.3, 0.4) is 0 Å². The van der Waals surface area contributed by atoms with Crippen LogP contribution >= 0.6 is 11.6 Å². The molecule has 0 saturated heterocycles. The highest BCUT2D eigenvalue weighted by atomic mass is 35.5. The number of carbonyl (C=O) groups is 1. The smallest absolute Gasteiger partial charge is 0.270 e. The Morgan fingerprint density at radius 3 is 2.41 bits per heavy atom. The number of ether oxygens (including phenoxy) is 3. The quantitative estimate of drug-likeness (QED) is 0.605. The fourth-order valence-corrected chi connectivity index (χ4v) is 2.65. The molecule has 8 nitrogen and oxygen atoms in total. The SMILES string of the molecule is COc1ccc(-c2nc(NC(=O)C(C)(C)Oc3ccc(Cl)cc3)n[nH]2)cc1OC. The summed E-state index contributed by atoms with van der Waals surface area (Å²) in [5.74, 6) is 1.89. The van der Waals surface area contributed by atoms with Crippen molar-refractivity contribution in [1.29, 1.82) is 0 Å². The van der Waals surface area contributed by atoms with E-state index in [0.717, 1.165) is 5.56 Å². The maximum atomic E-state index is 12.6. The average Bonchev–Trinajstić information content (AvgIpc) is 3.17. The van der Waals surface area contributed by atoms with Gasteiger partial charge in [-0.1, -0.05) is 11.6 Å². The number of aromatic amines is 1. The largest absolute Gasteiger partial charge is 0.493 e. The summed E-state index contributed by atoms with van der Waals surface area (Å²) in [7, 11) is 3.11. The first-order valence-electron chi connectivity index (χ1n) is 8.73. The molecule has 1 aromatic heterocycles. The molecule has 0 unspecified atom stereocenters. The van der Waals surface area contributed by atoms with Gasteiger partial charge in [-0.25, -0.2) is 0 Å². The Labute approximate surface area is 173 Å². The molecule has 2 aromatic carbocycles. The molecule has 0 radical (unpaired) electrons.